The van der Waals surface area contributed by atoms with Crippen LogP contribution in [0.3, 0.4) is 0 Å². The Balaban J connectivity index is 3.06. The number of aryl methyl sites for hydroxylation is 1. The molecule has 0 unspecified atom stereocenters. The maximum Gasteiger partial charge on any atom is 0.246 e. The van der Waals surface area contributed by atoms with Crippen molar-refractivity contribution < 1.29 is 9.53 Å². The van der Waals surface area contributed by atoms with E-state index in [2.05, 4.69) is 0 Å². The first kappa shape index (κ1) is 14.0. The highest BCUT2D eigenvalue weighted by Crippen LogP contribution is 2.26. The summed E-state index contributed by atoms with van der Waals surface area (Å²) in [5.74, 6) is 0.550. The van der Waals surface area contributed by atoms with Gasteiger partial charge in [0.2, 0.25) is 5.91 Å². The number of ether oxygens (including phenoxy) is 1. The van der Waals surface area contributed by atoms with Gasteiger partial charge in [-0.1, -0.05) is 0 Å². The summed E-state index contributed by atoms with van der Waals surface area (Å²) in [5, 5.41) is 8.98. The molecule has 0 saturated carbocycles. The third-order valence-electron chi connectivity index (χ3n) is 2.88. The summed E-state index contributed by atoms with van der Waals surface area (Å²) < 4.78 is 5.17. The highest BCUT2D eigenvalue weighted by Gasteiger charge is 2.31. The first-order valence-electron chi connectivity index (χ1n) is 5.67. The highest BCUT2D eigenvalue weighted by molar-refractivity contribution is 5.98. The number of carbonyl (C=O) groups is 1. The largest absolute Gasteiger partial charge is 0.496 e. The fourth-order valence-electron chi connectivity index (χ4n) is 1.66. The fourth-order valence-corrected chi connectivity index (χ4v) is 1.66. The van der Waals surface area contributed by atoms with Crippen LogP contribution in [0.4, 0.5) is 5.69 Å². The molecule has 0 N–H and O–H groups in total. The van der Waals surface area contributed by atoms with Crippen LogP contribution < -0.4 is 9.64 Å². The van der Waals surface area contributed by atoms with Crippen molar-refractivity contribution in [1.82, 2.24) is 0 Å². The molecule has 0 aromatic heterocycles. The predicted octanol–water partition coefficient (Wildman–Crippen LogP) is 2.52. The van der Waals surface area contributed by atoms with Crippen LogP contribution in [0, 0.1) is 23.7 Å². The SMILES string of the molecule is COc1ccc(N(C)C(=O)C(C)(C)C#N)cc1C. The minimum atomic E-state index is -1.03. The van der Waals surface area contributed by atoms with Crippen LogP contribution >= 0.6 is 0 Å². The van der Waals surface area contributed by atoms with E-state index >= 15 is 0 Å². The van der Waals surface area contributed by atoms with E-state index in [1.165, 1.54) is 4.90 Å². The van der Waals surface area contributed by atoms with Crippen LogP contribution in [0.2, 0.25) is 0 Å². The first-order chi connectivity index (χ1) is 8.33. The maximum absolute atomic E-state index is 12.1. The molecule has 4 nitrogen and oxygen atoms in total. The Bertz CT molecular complexity index is 501. The number of anilines is 1. The van der Waals surface area contributed by atoms with Gasteiger partial charge in [-0.15, -0.1) is 0 Å². The van der Waals surface area contributed by atoms with Gasteiger partial charge in [0, 0.05) is 12.7 Å². The van der Waals surface area contributed by atoms with Crippen LogP contribution in [-0.2, 0) is 4.79 Å². The summed E-state index contributed by atoms with van der Waals surface area (Å²) >= 11 is 0. The quantitative estimate of drug-likeness (QED) is 0.823. The smallest absolute Gasteiger partial charge is 0.246 e. The average Bonchev–Trinajstić information content (AvgIpc) is 2.36. The van der Waals surface area contributed by atoms with Gasteiger partial charge >= 0.3 is 0 Å². The second-order valence-corrected chi connectivity index (χ2v) is 4.75. The number of hydrogen-bond acceptors (Lipinski definition) is 3. The Kier molecular flexibility index (Phi) is 3.97. The van der Waals surface area contributed by atoms with E-state index in [9.17, 15) is 4.79 Å². The van der Waals surface area contributed by atoms with Crippen molar-refractivity contribution >= 4 is 11.6 Å². The lowest BCUT2D eigenvalue weighted by Crippen LogP contribution is -2.37. The summed E-state index contributed by atoms with van der Waals surface area (Å²) in [7, 11) is 3.28. The van der Waals surface area contributed by atoms with Crippen LogP contribution in [0.1, 0.15) is 19.4 Å². The number of benzene rings is 1. The first-order valence-corrected chi connectivity index (χ1v) is 5.67. The summed E-state index contributed by atoms with van der Waals surface area (Å²) in [6.07, 6.45) is 0. The number of methoxy groups -OCH3 is 1. The number of amides is 1. The van der Waals surface area contributed by atoms with Crippen molar-refractivity contribution in [3.05, 3.63) is 23.8 Å². The van der Waals surface area contributed by atoms with Crippen molar-refractivity contribution in [1.29, 1.82) is 5.26 Å². The molecule has 0 atom stereocenters. The molecule has 18 heavy (non-hydrogen) atoms. The van der Waals surface area contributed by atoms with Crippen molar-refractivity contribution in [2.45, 2.75) is 20.8 Å². The second kappa shape index (κ2) is 5.09. The lowest BCUT2D eigenvalue weighted by atomic mass is 9.94. The minimum Gasteiger partial charge on any atom is -0.496 e. The lowest BCUT2D eigenvalue weighted by molar-refractivity contribution is -0.123. The maximum atomic E-state index is 12.1. The molecular formula is C14H18N2O2. The normalized spacial score (nSPS) is 10.7. The van der Waals surface area contributed by atoms with Crippen molar-refractivity contribution in [3.63, 3.8) is 0 Å². The molecule has 0 heterocycles. The number of nitrogens with zero attached hydrogens (tertiary/aromatic N) is 2. The van der Waals surface area contributed by atoms with E-state index in [1.54, 1.807) is 34.1 Å². The Morgan fingerprint density at radius 2 is 2.06 bits per heavy atom. The van der Waals surface area contributed by atoms with Gasteiger partial charge in [-0.2, -0.15) is 5.26 Å². The molecule has 0 aliphatic heterocycles. The topological polar surface area (TPSA) is 53.3 Å². The van der Waals surface area contributed by atoms with Gasteiger partial charge in [0.15, 0.2) is 0 Å². The Labute approximate surface area is 108 Å². The molecule has 1 aromatic carbocycles. The molecule has 4 heteroatoms. The summed E-state index contributed by atoms with van der Waals surface area (Å²) in [5.41, 5.74) is 0.675. The second-order valence-electron chi connectivity index (χ2n) is 4.75. The van der Waals surface area contributed by atoms with E-state index in [1.807, 2.05) is 25.1 Å². The Morgan fingerprint density at radius 3 is 2.50 bits per heavy atom. The molecular weight excluding hydrogens is 228 g/mol. The lowest BCUT2D eigenvalue weighted by Gasteiger charge is -2.24. The summed E-state index contributed by atoms with van der Waals surface area (Å²) in [4.78, 5) is 13.6. The molecule has 0 saturated heterocycles. The van der Waals surface area contributed by atoms with E-state index in [0.29, 0.717) is 0 Å². The monoisotopic (exact) mass is 246 g/mol. The zero-order valence-corrected chi connectivity index (χ0v) is 11.4. The molecule has 0 fully saturated rings. The predicted molar refractivity (Wildman–Crippen MR) is 70.5 cm³/mol. The fraction of sp³-hybridized carbons (Fsp3) is 0.429. The summed E-state index contributed by atoms with van der Waals surface area (Å²) in [6.45, 7) is 5.14. The van der Waals surface area contributed by atoms with E-state index in [4.69, 9.17) is 10.00 Å². The zero-order valence-electron chi connectivity index (χ0n) is 11.4. The number of rotatable bonds is 3. The molecule has 0 bridgehead atoms. The van der Waals surface area contributed by atoms with Crippen molar-refractivity contribution in [2.75, 3.05) is 19.1 Å². The van der Waals surface area contributed by atoms with Crippen LogP contribution in [0.5, 0.6) is 5.75 Å². The van der Waals surface area contributed by atoms with Gasteiger partial charge in [0.1, 0.15) is 11.2 Å². The number of nitriles is 1. The molecule has 96 valence electrons. The van der Waals surface area contributed by atoms with E-state index < -0.39 is 5.41 Å². The number of hydrogen-bond donors (Lipinski definition) is 0. The minimum absolute atomic E-state index is 0.227. The van der Waals surface area contributed by atoms with Crippen LogP contribution in [0.15, 0.2) is 18.2 Å². The molecule has 1 amide bonds. The average molecular weight is 246 g/mol. The van der Waals surface area contributed by atoms with Crippen molar-refractivity contribution in [2.24, 2.45) is 5.41 Å². The third kappa shape index (κ3) is 2.62. The van der Waals surface area contributed by atoms with Gasteiger partial charge in [-0.25, -0.2) is 0 Å². The van der Waals surface area contributed by atoms with Gasteiger partial charge in [0.25, 0.3) is 0 Å². The standard InChI is InChI=1S/C14H18N2O2/c1-10-8-11(6-7-12(10)18-5)16(4)13(17)14(2,3)9-15/h6-8H,1-5H3. The molecule has 0 aliphatic carbocycles. The van der Waals surface area contributed by atoms with Gasteiger partial charge in [-0.05, 0) is 44.5 Å². The number of carbonyl (C=O) groups excluding carboxylic acids is 1. The third-order valence-corrected chi connectivity index (χ3v) is 2.88. The molecule has 0 spiro atoms. The molecule has 1 aromatic rings. The van der Waals surface area contributed by atoms with E-state index in [-0.39, 0.29) is 5.91 Å². The van der Waals surface area contributed by atoms with E-state index in [0.717, 1.165) is 17.0 Å². The summed E-state index contributed by atoms with van der Waals surface area (Å²) in [6, 6.07) is 7.49. The Morgan fingerprint density at radius 1 is 1.44 bits per heavy atom. The molecule has 0 aliphatic rings. The van der Waals surface area contributed by atoms with Crippen molar-refractivity contribution in [3.8, 4) is 11.8 Å². The molecule has 0 radical (unpaired) electrons. The van der Waals surface area contributed by atoms with Crippen LogP contribution in [-0.4, -0.2) is 20.1 Å². The van der Waals surface area contributed by atoms with Gasteiger partial charge in [0.05, 0.1) is 13.2 Å². The van der Waals surface area contributed by atoms with Gasteiger partial charge in [-0.3, -0.25) is 4.79 Å². The zero-order chi connectivity index (χ0) is 13.9. The highest BCUT2D eigenvalue weighted by atomic mass is 16.5. The molecule has 1 rings (SSSR count). The van der Waals surface area contributed by atoms with Crippen LogP contribution in [0.25, 0.3) is 0 Å². The Hall–Kier alpha value is -2.02. The van der Waals surface area contributed by atoms with Gasteiger partial charge < -0.3 is 9.64 Å².